The van der Waals surface area contributed by atoms with Gasteiger partial charge in [-0.15, -0.1) is 11.8 Å². The molecule has 0 aliphatic heterocycles. The molecule has 0 unspecified atom stereocenters. The highest BCUT2D eigenvalue weighted by molar-refractivity contribution is 7.99. The number of halogens is 1. The van der Waals surface area contributed by atoms with Crippen molar-refractivity contribution in [1.82, 2.24) is 5.32 Å². The van der Waals surface area contributed by atoms with Crippen molar-refractivity contribution in [2.45, 2.75) is 24.8 Å². The van der Waals surface area contributed by atoms with Gasteiger partial charge in [-0.1, -0.05) is 6.92 Å². The first-order valence-corrected chi connectivity index (χ1v) is 6.86. The average molecular weight is 257 g/mol. The van der Waals surface area contributed by atoms with Crippen LogP contribution in [0.1, 0.15) is 18.9 Å². The van der Waals surface area contributed by atoms with E-state index in [1.165, 1.54) is 0 Å². The Labute approximate surface area is 107 Å². The Balaban J connectivity index is 2.53. The van der Waals surface area contributed by atoms with E-state index in [9.17, 15) is 4.39 Å². The summed E-state index contributed by atoms with van der Waals surface area (Å²) in [5.74, 6) is 0.683. The molecule has 1 aromatic carbocycles. The van der Waals surface area contributed by atoms with Gasteiger partial charge in [0, 0.05) is 24.3 Å². The molecule has 0 bridgehead atoms. The number of hydrogen-bond acceptors (Lipinski definition) is 3. The van der Waals surface area contributed by atoms with Gasteiger partial charge in [0.05, 0.1) is 6.61 Å². The van der Waals surface area contributed by atoms with E-state index in [4.69, 9.17) is 4.74 Å². The zero-order valence-corrected chi connectivity index (χ0v) is 11.3. The van der Waals surface area contributed by atoms with Crippen LogP contribution in [0.2, 0.25) is 0 Å². The van der Waals surface area contributed by atoms with Crippen molar-refractivity contribution in [1.29, 1.82) is 0 Å². The van der Waals surface area contributed by atoms with Gasteiger partial charge in [0.2, 0.25) is 0 Å². The van der Waals surface area contributed by atoms with Gasteiger partial charge in [-0.2, -0.15) is 0 Å². The van der Waals surface area contributed by atoms with Crippen LogP contribution in [0.3, 0.4) is 0 Å². The normalized spacial score (nSPS) is 10.8. The Morgan fingerprint density at radius 2 is 2.18 bits per heavy atom. The lowest BCUT2D eigenvalue weighted by Crippen LogP contribution is -2.13. The number of methoxy groups -OCH3 is 1. The lowest BCUT2D eigenvalue weighted by atomic mass is 10.2. The smallest absolute Gasteiger partial charge is 0.124 e. The summed E-state index contributed by atoms with van der Waals surface area (Å²) in [4.78, 5) is 0.968. The first-order chi connectivity index (χ1) is 8.26. The molecule has 0 saturated heterocycles. The van der Waals surface area contributed by atoms with Crippen LogP contribution in [0.4, 0.5) is 4.39 Å². The summed E-state index contributed by atoms with van der Waals surface area (Å²) in [6, 6.07) is 5.19. The molecule has 0 spiro atoms. The van der Waals surface area contributed by atoms with Crippen molar-refractivity contribution in [3.8, 4) is 0 Å². The minimum absolute atomic E-state index is 0.166. The highest BCUT2D eigenvalue weighted by Gasteiger charge is 2.01. The molecular formula is C13H20FNOS. The van der Waals surface area contributed by atoms with Crippen molar-refractivity contribution in [3.63, 3.8) is 0 Å². The van der Waals surface area contributed by atoms with Gasteiger partial charge in [0.15, 0.2) is 0 Å². The first-order valence-electron chi connectivity index (χ1n) is 5.88. The Kier molecular flexibility index (Phi) is 7.24. The van der Waals surface area contributed by atoms with Gasteiger partial charge in [0.1, 0.15) is 5.82 Å². The fourth-order valence-electron chi connectivity index (χ4n) is 1.46. The predicted octanol–water partition coefficient (Wildman–Crippen LogP) is 3.06. The molecule has 0 heterocycles. The number of hydrogen-bond donors (Lipinski definition) is 1. The predicted molar refractivity (Wildman–Crippen MR) is 71.0 cm³/mol. The summed E-state index contributed by atoms with van der Waals surface area (Å²) in [6.07, 6.45) is 1.09. The van der Waals surface area contributed by atoms with E-state index >= 15 is 0 Å². The Morgan fingerprint density at radius 3 is 2.88 bits per heavy atom. The maximum absolute atomic E-state index is 13.4. The second kappa shape index (κ2) is 8.50. The number of rotatable bonds is 8. The van der Waals surface area contributed by atoms with E-state index in [-0.39, 0.29) is 5.82 Å². The van der Waals surface area contributed by atoms with Gasteiger partial charge in [-0.3, -0.25) is 0 Å². The summed E-state index contributed by atoms with van der Waals surface area (Å²) in [7, 11) is 1.67. The molecule has 2 nitrogen and oxygen atoms in total. The summed E-state index contributed by atoms with van der Waals surface area (Å²) < 4.78 is 18.4. The van der Waals surface area contributed by atoms with Crippen LogP contribution >= 0.6 is 11.8 Å². The molecule has 96 valence electrons. The zero-order valence-electron chi connectivity index (χ0n) is 10.5. The van der Waals surface area contributed by atoms with E-state index in [1.807, 2.05) is 6.07 Å². The zero-order chi connectivity index (χ0) is 12.5. The minimum Gasteiger partial charge on any atom is -0.384 e. The van der Waals surface area contributed by atoms with E-state index in [0.717, 1.165) is 35.7 Å². The molecule has 0 aliphatic carbocycles. The van der Waals surface area contributed by atoms with Gasteiger partial charge in [-0.05, 0) is 36.7 Å². The van der Waals surface area contributed by atoms with Crippen molar-refractivity contribution >= 4 is 11.8 Å². The monoisotopic (exact) mass is 257 g/mol. The van der Waals surface area contributed by atoms with Gasteiger partial charge >= 0.3 is 0 Å². The molecule has 0 fully saturated rings. The summed E-state index contributed by atoms with van der Waals surface area (Å²) >= 11 is 1.62. The number of thioether (sulfide) groups is 1. The largest absolute Gasteiger partial charge is 0.384 e. The van der Waals surface area contributed by atoms with Crippen molar-refractivity contribution < 1.29 is 9.13 Å². The van der Waals surface area contributed by atoms with E-state index in [0.29, 0.717) is 6.61 Å². The molecule has 1 N–H and O–H groups in total. The average Bonchev–Trinajstić information content (AvgIpc) is 2.29. The minimum atomic E-state index is -0.166. The lowest BCUT2D eigenvalue weighted by molar-refractivity contribution is 0.218. The van der Waals surface area contributed by atoms with Crippen LogP contribution < -0.4 is 5.32 Å². The Bertz CT molecular complexity index is 305. The molecule has 0 radical (unpaired) electrons. The highest BCUT2D eigenvalue weighted by atomic mass is 32.2. The van der Waals surface area contributed by atoms with Crippen molar-refractivity contribution in [2.24, 2.45) is 0 Å². The second-order valence-corrected chi connectivity index (χ2v) is 4.98. The number of ether oxygens (including phenoxy) is 1. The third-order valence-corrected chi connectivity index (χ3v) is 3.18. The SMILES string of the molecule is CCCNCc1cc(F)cc(SCCOC)c1. The quantitative estimate of drug-likeness (QED) is 0.571. The standard InChI is InChI=1S/C13H20FNOS/c1-3-4-15-10-11-7-12(14)9-13(8-11)17-6-5-16-2/h7-9,15H,3-6,10H2,1-2H3. The molecular weight excluding hydrogens is 237 g/mol. The van der Waals surface area contributed by atoms with E-state index < -0.39 is 0 Å². The Morgan fingerprint density at radius 1 is 1.35 bits per heavy atom. The highest BCUT2D eigenvalue weighted by Crippen LogP contribution is 2.20. The van der Waals surface area contributed by atoms with Crippen molar-refractivity contribution in [2.75, 3.05) is 26.0 Å². The summed E-state index contributed by atoms with van der Waals surface area (Å²) in [5.41, 5.74) is 0.998. The maximum Gasteiger partial charge on any atom is 0.124 e. The summed E-state index contributed by atoms with van der Waals surface area (Å²) in [5, 5.41) is 3.27. The van der Waals surface area contributed by atoms with Gasteiger partial charge < -0.3 is 10.1 Å². The molecule has 4 heteroatoms. The third kappa shape index (κ3) is 6.05. The first kappa shape index (κ1) is 14.5. The van der Waals surface area contributed by atoms with Crippen LogP contribution in [-0.2, 0) is 11.3 Å². The molecule has 0 atom stereocenters. The van der Waals surface area contributed by atoms with Crippen LogP contribution in [-0.4, -0.2) is 26.0 Å². The van der Waals surface area contributed by atoms with Crippen LogP contribution in [0.25, 0.3) is 0 Å². The van der Waals surface area contributed by atoms with Gasteiger partial charge in [0.25, 0.3) is 0 Å². The van der Waals surface area contributed by atoms with Crippen LogP contribution in [0, 0.1) is 5.82 Å². The van der Waals surface area contributed by atoms with Crippen molar-refractivity contribution in [3.05, 3.63) is 29.6 Å². The fourth-order valence-corrected chi connectivity index (χ4v) is 2.37. The molecule has 1 aromatic rings. The second-order valence-electron chi connectivity index (χ2n) is 3.81. The molecule has 0 amide bonds. The molecule has 0 saturated carbocycles. The summed E-state index contributed by atoms with van der Waals surface area (Å²) in [6.45, 7) is 4.49. The maximum atomic E-state index is 13.4. The molecule has 1 rings (SSSR count). The van der Waals surface area contributed by atoms with E-state index in [1.54, 1.807) is 31.0 Å². The fraction of sp³-hybridized carbons (Fsp3) is 0.538. The third-order valence-electron chi connectivity index (χ3n) is 2.24. The number of nitrogens with one attached hydrogen (secondary N) is 1. The topological polar surface area (TPSA) is 21.3 Å². The van der Waals surface area contributed by atoms with Crippen LogP contribution in [0.5, 0.6) is 0 Å². The number of benzene rings is 1. The van der Waals surface area contributed by atoms with Gasteiger partial charge in [-0.25, -0.2) is 4.39 Å². The Hall–Kier alpha value is -0.580. The van der Waals surface area contributed by atoms with Crippen LogP contribution in [0.15, 0.2) is 23.1 Å². The van der Waals surface area contributed by atoms with E-state index in [2.05, 4.69) is 12.2 Å². The molecule has 17 heavy (non-hydrogen) atoms. The molecule has 0 aliphatic rings. The molecule has 0 aromatic heterocycles. The lowest BCUT2D eigenvalue weighted by Gasteiger charge is -2.07.